The molecule has 0 bridgehead atoms. The molecule has 0 atom stereocenters. The van der Waals surface area contributed by atoms with Gasteiger partial charge in [0.1, 0.15) is 0 Å². The Morgan fingerprint density at radius 3 is 1.02 bits per heavy atom. The molecule has 0 saturated heterocycles. The fourth-order valence-corrected chi connectivity index (χ4v) is 4.78. The van der Waals surface area contributed by atoms with Gasteiger partial charge in [-0.25, -0.2) is 0 Å². The van der Waals surface area contributed by atoms with Crippen LogP contribution in [-0.4, -0.2) is 201 Å². The van der Waals surface area contributed by atoms with Crippen LogP contribution >= 0.6 is 0 Å². The number of amides is 7. The highest BCUT2D eigenvalue weighted by atomic mass is 16.6. The lowest BCUT2D eigenvalue weighted by Gasteiger charge is -2.16. The topological polar surface area (TPSA) is 321 Å². The zero-order valence-electron chi connectivity index (χ0n) is 35.4. The molecule has 356 valence electrons. The third kappa shape index (κ3) is 27.7. The zero-order chi connectivity index (χ0) is 47.5. The molecule has 0 spiro atoms. The van der Waals surface area contributed by atoms with Crippen LogP contribution in [-0.2, 0) is 76.4 Å². The number of rotatable bonds is 33. The van der Waals surface area contributed by atoms with E-state index in [1.807, 2.05) is 0 Å². The summed E-state index contributed by atoms with van der Waals surface area (Å²) < 4.78 is 31.2. The van der Waals surface area contributed by atoms with E-state index in [2.05, 4.69) is 17.2 Å². The summed E-state index contributed by atoms with van der Waals surface area (Å²) in [5.74, 6) is -5.11. The van der Waals surface area contributed by atoms with E-state index in [9.17, 15) is 47.9 Å². The average molecular weight is 912 g/mol. The molecule has 3 aliphatic heterocycles. The van der Waals surface area contributed by atoms with Crippen LogP contribution in [0, 0.1) is 0 Å². The fourth-order valence-electron chi connectivity index (χ4n) is 4.78. The van der Waals surface area contributed by atoms with E-state index in [0.717, 1.165) is 22.0 Å². The molecule has 3 rings (SSSR count). The first-order valence-corrected chi connectivity index (χ1v) is 20.0. The molecule has 0 aromatic heterocycles. The van der Waals surface area contributed by atoms with Gasteiger partial charge in [-0.05, 0) is 6.08 Å². The summed E-state index contributed by atoms with van der Waals surface area (Å²) in [6, 6.07) is 0. The summed E-state index contributed by atoms with van der Waals surface area (Å²) in [7, 11) is 0. The summed E-state index contributed by atoms with van der Waals surface area (Å²) in [5.41, 5.74) is 0.598. The lowest BCUT2D eigenvalue weighted by atomic mass is 10.3. The third-order valence-corrected chi connectivity index (χ3v) is 8.05. The first-order chi connectivity index (χ1) is 30.6. The van der Waals surface area contributed by atoms with Gasteiger partial charge < -0.3 is 59.3 Å². The molecular weight excluding hydrogens is 854 g/mol. The van der Waals surface area contributed by atoms with E-state index >= 15 is 0 Å². The summed E-state index contributed by atoms with van der Waals surface area (Å²) in [6.45, 7) is 8.68. The maximum Gasteiger partial charge on any atom is 0.305 e. The molecule has 0 unspecified atom stereocenters. The number of nitrogens with one attached hydrogen (secondary N) is 2. The van der Waals surface area contributed by atoms with E-state index in [1.165, 1.54) is 23.1 Å². The van der Waals surface area contributed by atoms with Crippen LogP contribution in [0.15, 0.2) is 48.7 Å². The van der Waals surface area contributed by atoms with E-state index in [0.29, 0.717) is 78.2 Å². The van der Waals surface area contributed by atoms with Crippen molar-refractivity contribution in [2.75, 3.05) is 112 Å². The molecule has 24 nitrogen and oxygen atoms in total. The Hall–Kier alpha value is -6.18. The number of ether oxygens (including phenoxy) is 6. The van der Waals surface area contributed by atoms with E-state index in [1.54, 1.807) is 6.08 Å². The van der Waals surface area contributed by atoms with Crippen molar-refractivity contribution in [2.45, 2.75) is 32.1 Å². The summed E-state index contributed by atoms with van der Waals surface area (Å²) >= 11 is 0. The van der Waals surface area contributed by atoms with Crippen LogP contribution in [0.3, 0.4) is 0 Å². The van der Waals surface area contributed by atoms with Crippen molar-refractivity contribution in [1.82, 2.24) is 25.3 Å². The molecular formula is C40H57N5O19. The van der Waals surface area contributed by atoms with Crippen LogP contribution in [0.2, 0.25) is 0 Å². The number of carbonyl (C=O) groups is 10. The summed E-state index contributed by atoms with van der Waals surface area (Å²) in [4.78, 5) is 113. The third-order valence-electron chi connectivity index (χ3n) is 8.05. The maximum atomic E-state index is 11.7. The predicted molar refractivity (Wildman–Crippen MR) is 219 cm³/mol. The summed E-state index contributed by atoms with van der Waals surface area (Å²) in [5, 5.41) is 30.4. The minimum atomic E-state index is -1.03. The van der Waals surface area contributed by atoms with Crippen molar-refractivity contribution in [3.05, 3.63) is 48.7 Å². The standard InChI is InChI=1S/C19H30N2O8.C14H20N2O7.C7H7NO4/c1-16-2-3-18(23)21(16)7-4-17(22)20-6-9-27-11-13-29-15-14-28-12-10-26-8-5-19(24)25;17-11(3-6-16-12(18)1-2-13(16)19)15-5-8-23-10-9-22-7-4-14(20)21;9-5-1-2-6(10)8(5)4-3-7(11)12/h2-3H,1,4-15H2,(H,20,22)(H,24,25);1-2H,3-10H2,(H,15,17)(H,20,21);1-2H,3-4H2,(H,11,12). The number of imide groups is 2. The smallest absolute Gasteiger partial charge is 0.305 e. The predicted octanol–water partition coefficient (Wildman–Crippen LogP) is -1.74. The van der Waals surface area contributed by atoms with Gasteiger partial charge in [-0.1, -0.05) is 6.58 Å². The minimum Gasteiger partial charge on any atom is -0.481 e. The molecule has 0 saturated carbocycles. The number of nitrogens with zero attached hydrogens (tertiary/aromatic N) is 3. The van der Waals surface area contributed by atoms with Crippen molar-refractivity contribution in [1.29, 1.82) is 0 Å². The van der Waals surface area contributed by atoms with Gasteiger partial charge in [-0.2, -0.15) is 0 Å². The van der Waals surface area contributed by atoms with Crippen molar-refractivity contribution >= 4 is 59.3 Å². The molecule has 0 aromatic rings. The summed E-state index contributed by atoms with van der Waals surface area (Å²) in [6.07, 6.45) is 7.64. The number of carbonyl (C=O) groups excluding carboxylic acids is 7. The van der Waals surface area contributed by atoms with Crippen molar-refractivity contribution < 1.29 is 91.7 Å². The Kier molecular flexibility index (Phi) is 29.9. The van der Waals surface area contributed by atoms with Crippen molar-refractivity contribution in [3.8, 4) is 0 Å². The van der Waals surface area contributed by atoms with Crippen molar-refractivity contribution in [2.24, 2.45) is 0 Å². The highest BCUT2D eigenvalue weighted by Gasteiger charge is 2.24. The molecule has 0 aromatic carbocycles. The van der Waals surface area contributed by atoms with Gasteiger partial charge in [0.05, 0.1) is 98.5 Å². The molecule has 0 fully saturated rings. The Morgan fingerprint density at radius 1 is 0.406 bits per heavy atom. The quantitative estimate of drug-likeness (QED) is 0.0360. The number of hydrogen-bond donors (Lipinski definition) is 5. The Balaban J connectivity index is 0.000000519. The molecule has 64 heavy (non-hydrogen) atoms. The van der Waals surface area contributed by atoms with Gasteiger partial charge in [0.15, 0.2) is 0 Å². The van der Waals surface area contributed by atoms with Gasteiger partial charge in [-0.15, -0.1) is 0 Å². The second-order valence-corrected chi connectivity index (χ2v) is 12.9. The minimum absolute atomic E-state index is 0.0136. The Morgan fingerprint density at radius 2 is 0.688 bits per heavy atom. The first-order valence-electron chi connectivity index (χ1n) is 20.0. The number of allylic oxidation sites excluding steroid dienone is 1. The fraction of sp³-hybridized carbons (Fsp3) is 0.550. The van der Waals surface area contributed by atoms with Crippen LogP contribution in [0.5, 0.6) is 0 Å². The monoisotopic (exact) mass is 911 g/mol. The lowest BCUT2D eigenvalue weighted by molar-refractivity contribution is -0.141. The van der Waals surface area contributed by atoms with Crippen LogP contribution in [0.4, 0.5) is 0 Å². The van der Waals surface area contributed by atoms with Crippen LogP contribution in [0.1, 0.15) is 32.1 Å². The SMILES string of the molecule is C=C1C=CC(=O)N1CCC(=O)NCCOCCOCCOCCOCCC(=O)O.O=C(O)CCN1C(=O)C=CC1=O.O=C(O)CCOCCOCCNC(=O)CCN1C(=O)C=CC1=O. The highest BCUT2D eigenvalue weighted by molar-refractivity contribution is 6.13. The number of aliphatic carboxylic acids is 3. The molecule has 5 N–H and O–H groups in total. The van der Waals surface area contributed by atoms with Gasteiger partial charge in [0.2, 0.25) is 11.8 Å². The largest absolute Gasteiger partial charge is 0.481 e. The average Bonchev–Trinajstić information content (AvgIpc) is 3.87. The molecule has 7 amide bonds. The van der Waals surface area contributed by atoms with Gasteiger partial charge in [0.25, 0.3) is 29.5 Å². The molecule has 0 radical (unpaired) electrons. The Labute approximate surface area is 368 Å². The molecule has 3 aliphatic rings. The van der Waals surface area contributed by atoms with Gasteiger partial charge in [-0.3, -0.25) is 57.7 Å². The second kappa shape index (κ2) is 34.3. The molecule has 24 heteroatoms. The number of hydrogen-bond acceptors (Lipinski definition) is 16. The van der Waals surface area contributed by atoms with E-state index < -0.39 is 41.5 Å². The number of carboxylic acids is 3. The molecule has 0 aliphatic carbocycles. The normalized spacial score (nSPS) is 13.9. The zero-order valence-corrected chi connectivity index (χ0v) is 35.4. The number of carboxylic acid groups (broad SMARTS) is 3. The van der Waals surface area contributed by atoms with Crippen molar-refractivity contribution in [3.63, 3.8) is 0 Å². The van der Waals surface area contributed by atoms with Crippen LogP contribution < -0.4 is 10.6 Å². The van der Waals surface area contributed by atoms with E-state index in [4.69, 9.17) is 43.7 Å². The van der Waals surface area contributed by atoms with E-state index in [-0.39, 0.29) is 89.3 Å². The second-order valence-electron chi connectivity index (χ2n) is 12.9. The first kappa shape index (κ1) is 55.8. The van der Waals surface area contributed by atoms with Crippen LogP contribution in [0.25, 0.3) is 0 Å². The maximum absolute atomic E-state index is 11.7. The van der Waals surface area contributed by atoms with Gasteiger partial charge in [0, 0.05) is 81.6 Å². The van der Waals surface area contributed by atoms with Gasteiger partial charge >= 0.3 is 17.9 Å². The lowest BCUT2D eigenvalue weighted by Crippen LogP contribution is -2.35. The molecule has 3 heterocycles. The highest BCUT2D eigenvalue weighted by Crippen LogP contribution is 2.12. The Bertz CT molecular complexity index is 1630.